The maximum Gasteiger partial charge on any atom is 0.0705 e. The van der Waals surface area contributed by atoms with Crippen LogP contribution >= 0.6 is 0 Å². The Bertz CT molecular complexity index is 1090. The molecule has 0 aliphatic carbocycles. The molecule has 2 N–H and O–H groups in total. The summed E-state index contributed by atoms with van der Waals surface area (Å²) in [6.07, 6.45) is 5.16. The van der Waals surface area contributed by atoms with E-state index in [4.69, 9.17) is 15.7 Å². The van der Waals surface area contributed by atoms with Gasteiger partial charge in [-0.15, -0.1) is 0 Å². The summed E-state index contributed by atoms with van der Waals surface area (Å²) in [5, 5.41) is 2.38. The Morgan fingerprint density at radius 3 is 2.14 bits per heavy atom. The van der Waals surface area contributed by atoms with Crippen LogP contribution in [0.2, 0.25) is 0 Å². The van der Waals surface area contributed by atoms with Gasteiger partial charge in [0, 0.05) is 34.1 Å². The van der Waals surface area contributed by atoms with E-state index in [1.54, 1.807) is 0 Å². The van der Waals surface area contributed by atoms with Crippen molar-refractivity contribution >= 4 is 21.8 Å². The lowest BCUT2D eigenvalue weighted by atomic mass is 9.88. The summed E-state index contributed by atoms with van der Waals surface area (Å²) in [6, 6.07) is 25.3. The zero-order valence-electron chi connectivity index (χ0n) is 17.1. The van der Waals surface area contributed by atoms with Crippen molar-refractivity contribution in [1.29, 1.82) is 0 Å². The molecule has 0 aliphatic heterocycles. The largest absolute Gasteiger partial charge is 0.327 e. The highest BCUT2D eigenvalue weighted by Gasteiger charge is 2.20. The number of rotatable bonds is 8. The molecule has 2 unspecified atom stereocenters. The monoisotopic (exact) mass is 383 g/mol. The Morgan fingerprint density at radius 1 is 0.759 bits per heavy atom. The number of nitrogens with two attached hydrogens (primary N) is 1. The molecule has 0 amide bonds. The summed E-state index contributed by atoms with van der Waals surface area (Å²) in [5.74, 6) is 0.300. The Morgan fingerprint density at radius 2 is 1.41 bits per heavy atom. The number of nitrogens with zero attached hydrogens (tertiary/aromatic N) is 2. The van der Waals surface area contributed by atoms with E-state index < -0.39 is 0 Å². The summed E-state index contributed by atoms with van der Waals surface area (Å²) in [6.45, 7) is 2.22. The van der Waals surface area contributed by atoms with E-state index in [9.17, 15) is 0 Å². The molecule has 2 heterocycles. The van der Waals surface area contributed by atoms with Crippen LogP contribution in [0.1, 0.15) is 49.9 Å². The van der Waals surface area contributed by atoms with Gasteiger partial charge in [-0.1, -0.05) is 61.9 Å². The highest BCUT2D eigenvalue weighted by Crippen LogP contribution is 2.27. The number of aryl methyl sites for hydroxylation is 1. The lowest BCUT2D eigenvalue weighted by Gasteiger charge is -2.23. The van der Waals surface area contributed by atoms with Crippen molar-refractivity contribution in [3.05, 3.63) is 84.2 Å². The maximum absolute atomic E-state index is 6.67. The van der Waals surface area contributed by atoms with Crippen molar-refractivity contribution < 1.29 is 0 Å². The summed E-state index contributed by atoms with van der Waals surface area (Å²) in [5.41, 5.74) is 11.1. The second-order valence-corrected chi connectivity index (χ2v) is 7.88. The van der Waals surface area contributed by atoms with Crippen LogP contribution in [-0.4, -0.2) is 16.0 Å². The van der Waals surface area contributed by atoms with E-state index in [0.717, 1.165) is 54.5 Å². The highest BCUT2D eigenvalue weighted by molar-refractivity contribution is 5.79. The van der Waals surface area contributed by atoms with E-state index >= 15 is 0 Å². The van der Waals surface area contributed by atoms with E-state index in [2.05, 4.69) is 67.6 Å². The molecule has 2 atom stereocenters. The Hall–Kier alpha value is -2.78. The Kier molecular flexibility index (Phi) is 6.16. The zero-order chi connectivity index (χ0) is 20.1. The fourth-order valence-electron chi connectivity index (χ4n) is 4.15. The van der Waals surface area contributed by atoms with Crippen LogP contribution in [-0.2, 0) is 6.42 Å². The smallest absolute Gasteiger partial charge is 0.0705 e. The molecule has 0 bridgehead atoms. The molecule has 3 nitrogen and oxygen atoms in total. The first-order valence-electron chi connectivity index (χ1n) is 10.7. The lowest BCUT2D eigenvalue weighted by molar-refractivity contribution is 0.450. The molecule has 0 saturated carbocycles. The second kappa shape index (κ2) is 9.15. The number of aromatic nitrogens is 2. The van der Waals surface area contributed by atoms with Crippen molar-refractivity contribution in [1.82, 2.24) is 9.97 Å². The molecule has 4 rings (SSSR count). The summed E-state index contributed by atoms with van der Waals surface area (Å²) in [7, 11) is 0. The molecule has 0 aliphatic rings. The quantitative estimate of drug-likeness (QED) is 0.405. The average Bonchev–Trinajstić information content (AvgIpc) is 2.77. The van der Waals surface area contributed by atoms with Gasteiger partial charge >= 0.3 is 0 Å². The highest BCUT2D eigenvalue weighted by atomic mass is 14.7. The average molecular weight is 384 g/mol. The normalized spacial score (nSPS) is 13.6. The van der Waals surface area contributed by atoms with Gasteiger partial charge in [0.1, 0.15) is 0 Å². The standard InChI is InChI=1S/C26H29N3/c1-2-8-22(26-18-16-20-10-4-6-14-25(20)29-26)23(27)12-7-11-21-17-15-19-9-3-5-13-24(19)28-21/h3-6,9-10,13-18,22-23H,2,7-8,11-12,27H2,1H3. The predicted octanol–water partition coefficient (Wildman–Crippen LogP) is 6.02. The van der Waals surface area contributed by atoms with Crippen LogP contribution in [0, 0.1) is 0 Å². The van der Waals surface area contributed by atoms with E-state index in [-0.39, 0.29) is 6.04 Å². The van der Waals surface area contributed by atoms with Crippen molar-refractivity contribution in [3.8, 4) is 0 Å². The lowest BCUT2D eigenvalue weighted by Crippen LogP contribution is -2.29. The molecule has 4 aromatic rings. The molecule has 3 heteroatoms. The number of benzene rings is 2. The van der Waals surface area contributed by atoms with Crippen LogP contribution in [0.4, 0.5) is 0 Å². The molecular formula is C26H29N3. The fraction of sp³-hybridized carbons (Fsp3) is 0.308. The van der Waals surface area contributed by atoms with E-state index in [0.29, 0.717) is 5.92 Å². The second-order valence-electron chi connectivity index (χ2n) is 7.88. The molecular weight excluding hydrogens is 354 g/mol. The third kappa shape index (κ3) is 4.63. The number of hydrogen-bond donors (Lipinski definition) is 1. The van der Waals surface area contributed by atoms with Gasteiger partial charge < -0.3 is 5.73 Å². The van der Waals surface area contributed by atoms with Crippen LogP contribution in [0.25, 0.3) is 21.8 Å². The van der Waals surface area contributed by atoms with E-state index in [1.807, 2.05) is 12.1 Å². The predicted molar refractivity (Wildman–Crippen MR) is 122 cm³/mol. The first kappa shape index (κ1) is 19.5. The summed E-state index contributed by atoms with van der Waals surface area (Å²) < 4.78 is 0. The molecule has 148 valence electrons. The molecule has 0 fully saturated rings. The van der Waals surface area contributed by atoms with Gasteiger partial charge in [-0.2, -0.15) is 0 Å². The third-order valence-electron chi connectivity index (χ3n) is 5.74. The number of hydrogen-bond acceptors (Lipinski definition) is 3. The van der Waals surface area contributed by atoms with Crippen molar-refractivity contribution in [2.75, 3.05) is 0 Å². The molecule has 0 spiro atoms. The summed E-state index contributed by atoms with van der Waals surface area (Å²) in [4.78, 5) is 9.72. The van der Waals surface area contributed by atoms with E-state index in [1.165, 1.54) is 10.8 Å². The number of para-hydroxylation sites is 2. The fourth-order valence-corrected chi connectivity index (χ4v) is 4.15. The van der Waals surface area contributed by atoms with Crippen molar-refractivity contribution in [2.24, 2.45) is 5.73 Å². The van der Waals surface area contributed by atoms with Gasteiger partial charge in [0.15, 0.2) is 0 Å². The third-order valence-corrected chi connectivity index (χ3v) is 5.74. The minimum absolute atomic E-state index is 0.115. The van der Waals surface area contributed by atoms with Crippen LogP contribution in [0.3, 0.4) is 0 Å². The SMILES string of the molecule is CCCC(c1ccc2ccccc2n1)C(N)CCCc1ccc2ccccc2n1. The van der Waals surface area contributed by atoms with Crippen LogP contribution < -0.4 is 5.73 Å². The molecule has 29 heavy (non-hydrogen) atoms. The Balaban J connectivity index is 1.43. The molecule has 2 aromatic carbocycles. The minimum Gasteiger partial charge on any atom is -0.327 e. The molecule has 0 radical (unpaired) electrons. The van der Waals surface area contributed by atoms with Crippen molar-refractivity contribution in [2.45, 2.75) is 51.0 Å². The zero-order valence-corrected chi connectivity index (χ0v) is 17.1. The molecule has 2 aromatic heterocycles. The number of fused-ring (bicyclic) bond motifs is 2. The maximum atomic E-state index is 6.67. The van der Waals surface area contributed by atoms with Gasteiger partial charge in [0.05, 0.1) is 11.0 Å². The molecule has 0 saturated heterocycles. The van der Waals surface area contributed by atoms with Gasteiger partial charge in [-0.05, 0) is 49.9 Å². The first-order valence-corrected chi connectivity index (χ1v) is 10.7. The van der Waals surface area contributed by atoms with Gasteiger partial charge in [-0.3, -0.25) is 9.97 Å². The van der Waals surface area contributed by atoms with Crippen LogP contribution in [0.15, 0.2) is 72.8 Å². The summed E-state index contributed by atoms with van der Waals surface area (Å²) >= 11 is 0. The van der Waals surface area contributed by atoms with Gasteiger partial charge in [0.2, 0.25) is 0 Å². The van der Waals surface area contributed by atoms with Gasteiger partial charge in [-0.25, -0.2) is 0 Å². The minimum atomic E-state index is 0.115. The first-order chi connectivity index (χ1) is 14.2. The topological polar surface area (TPSA) is 51.8 Å². The Labute approximate surface area is 173 Å². The number of pyridine rings is 2. The van der Waals surface area contributed by atoms with Crippen molar-refractivity contribution in [3.63, 3.8) is 0 Å². The van der Waals surface area contributed by atoms with Crippen LogP contribution in [0.5, 0.6) is 0 Å². The van der Waals surface area contributed by atoms with Gasteiger partial charge in [0.25, 0.3) is 0 Å².